The number of nitrogens with one attached hydrogen (secondary N) is 1. The summed E-state index contributed by atoms with van der Waals surface area (Å²) in [7, 11) is 0. The maximum atomic E-state index is 12.4. The van der Waals surface area contributed by atoms with E-state index in [2.05, 4.69) is 16.4 Å². The second kappa shape index (κ2) is 8.97. The molecule has 1 heterocycles. The second-order valence-corrected chi connectivity index (χ2v) is 8.12. The summed E-state index contributed by atoms with van der Waals surface area (Å²) in [6, 6.07) is 21.8. The zero-order chi connectivity index (χ0) is 20.9. The monoisotopic (exact) mass is 405 g/mol. The molecule has 0 bridgehead atoms. The summed E-state index contributed by atoms with van der Waals surface area (Å²) >= 11 is 1.22. The van der Waals surface area contributed by atoms with Crippen LogP contribution in [0.4, 0.5) is 0 Å². The summed E-state index contributed by atoms with van der Waals surface area (Å²) in [6.45, 7) is 5.54. The van der Waals surface area contributed by atoms with Crippen molar-refractivity contribution in [3.05, 3.63) is 60.7 Å². The van der Waals surface area contributed by atoms with E-state index in [1.54, 1.807) is 6.92 Å². The number of nitrogens with zero attached hydrogens (tertiary/aromatic N) is 2. The Kier molecular flexibility index (Phi) is 6.40. The van der Waals surface area contributed by atoms with Gasteiger partial charge in [0.15, 0.2) is 5.76 Å². The van der Waals surface area contributed by atoms with E-state index in [1.807, 2.05) is 74.5 Å². The first-order chi connectivity index (χ1) is 13.9. The van der Waals surface area contributed by atoms with Gasteiger partial charge in [0.1, 0.15) is 11.2 Å². The molecule has 0 unspecified atom stereocenters. The van der Waals surface area contributed by atoms with Gasteiger partial charge in [-0.1, -0.05) is 86.3 Å². The van der Waals surface area contributed by atoms with E-state index in [9.17, 15) is 10.1 Å². The molecule has 0 spiro atoms. The molecule has 5 nitrogen and oxygen atoms in total. The first-order valence-corrected chi connectivity index (χ1v) is 10.4. The highest BCUT2D eigenvalue weighted by Gasteiger charge is 2.30. The minimum atomic E-state index is -0.904. The predicted octanol–water partition coefficient (Wildman–Crippen LogP) is 5.16. The maximum Gasteiger partial charge on any atom is 0.257 e. The maximum absolute atomic E-state index is 12.4. The summed E-state index contributed by atoms with van der Waals surface area (Å²) in [5, 5.41) is 12.6. The summed E-state index contributed by atoms with van der Waals surface area (Å²) in [5.74, 6) is 0.558. The SMILES string of the molecule is CC(C)[C@](C)(C#N)NC(=O)CSc1nc(-c2ccccc2)c(-c2ccccc2)o1. The van der Waals surface area contributed by atoms with Gasteiger partial charge in [0, 0.05) is 11.1 Å². The number of nitriles is 1. The van der Waals surface area contributed by atoms with Crippen LogP contribution in [0.3, 0.4) is 0 Å². The summed E-state index contributed by atoms with van der Waals surface area (Å²) in [6.07, 6.45) is 0. The Balaban J connectivity index is 1.82. The van der Waals surface area contributed by atoms with Gasteiger partial charge in [-0.15, -0.1) is 0 Å². The third-order valence-electron chi connectivity index (χ3n) is 4.80. The summed E-state index contributed by atoms with van der Waals surface area (Å²) in [5.41, 5.74) is 1.71. The average Bonchev–Trinajstić information content (AvgIpc) is 3.18. The van der Waals surface area contributed by atoms with E-state index in [0.717, 1.165) is 16.8 Å². The van der Waals surface area contributed by atoms with Gasteiger partial charge in [-0.3, -0.25) is 4.79 Å². The zero-order valence-electron chi connectivity index (χ0n) is 16.7. The Morgan fingerprint density at radius 2 is 1.72 bits per heavy atom. The van der Waals surface area contributed by atoms with Gasteiger partial charge in [0.25, 0.3) is 5.22 Å². The van der Waals surface area contributed by atoms with Crippen LogP contribution in [0.1, 0.15) is 20.8 Å². The van der Waals surface area contributed by atoms with Crippen molar-refractivity contribution in [2.75, 3.05) is 5.75 Å². The Bertz CT molecular complexity index is 953. The van der Waals surface area contributed by atoms with Gasteiger partial charge in [0.05, 0.1) is 11.8 Å². The van der Waals surface area contributed by atoms with Crippen LogP contribution >= 0.6 is 11.8 Å². The molecule has 1 N–H and O–H groups in total. The van der Waals surface area contributed by atoms with Crippen LogP contribution in [-0.2, 0) is 4.79 Å². The molecular formula is C23H23N3O2S. The molecule has 0 aliphatic carbocycles. The lowest BCUT2D eigenvalue weighted by atomic mass is 9.90. The average molecular weight is 406 g/mol. The van der Waals surface area contributed by atoms with Crippen LogP contribution in [0, 0.1) is 17.2 Å². The number of benzene rings is 2. The summed E-state index contributed by atoms with van der Waals surface area (Å²) < 4.78 is 6.02. The van der Waals surface area contributed by atoms with E-state index in [0.29, 0.717) is 11.0 Å². The fraction of sp³-hybridized carbons (Fsp3) is 0.261. The first-order valence-electron chi connectivity index (χ1n) is 9.39. The number of rotatable bonds is 7. The topological polar surface area (TPSA) is 78.9 Å². The highest BCUT2D eigenvalue weighted by molar-refractivity contribution is 7.99. The molecule has 0 aliphatic heterocycles. The fourth-order valence-electron chi connectivity index (χ4n) is 2.69. The van der Waals surface area contributed by atoms with Gasteiger partial charge < -0.3 is 9.73 Å². The van der Waals surface area contributed by atoms with Crippen LogP contribution in [0.15, 0.2) is 70.3 Å². The Morgan fingerprint density at radius 3 is 2.28 bits per heavy atom. The molecule has 148 valence electrons. The molecule has 1 amide bonds. The van der Waals surface area contributed by atoms with Gasteiger partial charge in [-0.25, -0.2) is 4.98 Å². The number of aromatic nitrogens is 1. The highest BCUT2D eigenvalue weighted by Crippen LogP contribution is 2.35. The van der Waals surface area contributed by atoms with Crippen LogP contribution in [0.2, 0.25) is 0 Å². The predicted molar refractivity (Wildman–Crippen MR) is 115 cm³/mol. The van der Waals surface area contributed by atoms with Crippen molar-refractivity contribution in [1.29, 1.82) is 5.26 Å². The third kappa shape index (κ3) is 4.87. The smallest absolute Gasteiger partial charge is 0.257 e. The number of amides is 1. The molecule has 0 radical (unpaired) electrons. The van der Waals surface area contributed by atoms with Crippen molar-refractivity contribution in [2.24, 2.45) is 5.92 Å². The second-order valence-electron chi connectivity index (χ2n) is 7.20. The standard InChI is InChI=1S/C23H23N3O2S/c1-16(2)23(3,15-24)26-19(27)14-29-22-25-20(17-10-6-4-7-11-17)21(28-22)18-12-8-5-9-13-18/h4-13,16H,14H2,1-3H3,(H,26,27)/t23-/m0/s1. The van der Waals surface area contributed by atoms with Crippen molar-refractivity contribution < 1.29 is 9.21 Å². The van der Waals surface area contributed by atoms with Gasteiger partial charge >= 0.3 is 0 Å². The number of carbonyl (C=O) groups excluding carboxylic acids is 1. The third-order valence-corrected chi connectivity index (χ3v) is 5.63. The quantitative estimate of drug-likeness (QED) is 0.550. The molecule has 2 aromatic carbocycles. The minimum Gasteiger partial charge on any atom is -0.431 e. The van der Waals surface area contributed by atoms with Crippen LogP contribution in [-0.4, -0.2) is 22.2 Å². The highest BCUT2D eigenvalue weighted by atomic mass is 32.2. The molecule has 29 heavy (non-hydrogen) atoms. The molecular weight excluding hydrogens is 382 g/mol. The number of thioether (sulfide) groups is 1. The largest absolute Gasteiger partial charge is 0.431 e. The lowest BCUT2D eigenvalue weighted by molar-refractivity contribution is -0.120. The Morgan fingerprint density at radius 1 is 1.14 bits per heavy atom. The number of hydrogen-bond acceptors (Lipinski definition) is 5. The first kappa shape index (κ1) is 20.7. The van der Waals surface area contributed by atoms with Crippen molar-refractivity contribution in [2.45, 2.75) is 31.5 Å². The molecule has 3 aromatic rings. The Labute approximate surface area is 175 Å². The van der Waals surface area contributed by atoms with E-state index in [-0.39, 0.29) is 17.6 Å². The van der Waals surface area contributed by atoms with Crippen molar-refractivity contribution >= 4 is 17.7 Å². The van der Waals surface area contributed by atoms with Gasteiger partial charge in [-0.2, -0.15) is 5.26 Å². The minimum absolute atomic E-state index is 0.00226. The molecule has 0 fully saturated rings. The molecule has 3 rings (SSSR count). The molecule has 0 saturated heterocycles. The van der Waals surface area contributed by atoms with Crippen LogP contribution < -0.4 is 5.32 Å². The molecule has 1 aromatic heterocycles. The van der Waals surface area contributed by atoms with Gasteiger partial charge in [0.2, 0.25) is 5.91 Å². The Hall–Kier alpha value is -3.04. The van der Waals surface area contributed by atoms with Gasteiger partial charge in [-0.05, 0) is 12.8 Å². The van der Waals surface area contributed by atoms with Crippen molar-refractivity contribution in [3.8, 4) is 28.7 Å². The number of hydrogen-bond donors (Lipinski definition) is 1. The lowest BCUT2D eigenvalue weighted by Gasteiger charge is -2.27. The molecule has 0 saturated carbocycles. The van der Waals surface area contributed by atoms with Crippen LogP contribution in [0.25, 0.3) is 22.6 Å². The van der Waals surface area contributed by atoms with E-state index < -0.39 is 5.54 Å². The molecule has 6 heteroatoms. The van der Waals surface area contributed by atoms with Crippen molar-refractivity contribution in [3.63, 3.8) is 0 Å². The summed E-state index contributed by atoms with van der Waals surface area (Å²) in [4.78, 5) is 17.0. The molecule has 0 aliphatic rings. The lowest BCUT2D eigenvalue weighted by Crippen LogP contribution is -2.49. The van der Waals surface area contributed by atoms with E-state index in [1.165, 1.54) is 11.8 Å². The fourth-order valence-corrected chi connectivity index (χ4v) is 3.32. The van der Waals surface area contributed by atoms with Crippen molar-refractivity contribution in [1.82, 2.24) is 10.3 Å². The van der Waals surface area contributed by atoms with Crippen LogP contribution in [0.5, 0.6) is 0 Å². The zero-order valence-corrected chi connectivity index (χ0v) is 17.5. The molecule has 1 atom stereocenters. The van der Waals surface area contributed by atoms with E-state index in [4.69, 9.17) is 4.42 Å². The number of oxazole rings is 1. The van der Waals surface area contributed by atoms with E-state index >= 15 is 0 Å². The number of carbonyl (C=O) groups is 1. The normalized spacial score (nSPS) is 12.9.